The molecule has 0 spiro atoms. The highest BCUT2D eigenvalue weighted by atomic mass is 32.1. The second kappa shape index (κ2) is 11.0. The maximum Gasteiger partial charge on any atom is 0.187 e. The monoisotopic (exact) mass is 387 g/mol. The van der Waals surface area contributed by atoms with Crippen LogP contribution in [0.15, 0.2) is 47.6 Å². The van der Waals surface area contributed by atoms with Gasteiger partial charge in [-0.05, 0) is 60.1 Å². The van der Waals surface area contributed by atoms with Crippen LogP contribution in [0.4, 0.5) is 0 Å². The Bertz CT molecular complexity index is 764. The fourth-order valence-corrected chi connectivity index (χ4v) is 2.37. The molecule has 0 aliphatic rings. The molecule has 2 rings (SSSR count). The Hall–Kier alpha value is -2.80. The number of hydrogen-bond donors (Lipinski definition) is 2. The molecule has 0 unspecified atom stereocenters. The van der Waals surface area contributed by atoms with Crippen LogP contribution in [0.3, 0.4) is 0 Å². The van der Waals surface area contributed by atoms with Crippen molar-refractivity contribution in [3.63, 3.8) is 0 Å². The van der Waals surface area contributed by atoms with Crippen LogP contribution in [0.1, 0.15) is 24.5 Å². The van der Waals surface area contributed by atoms with Crippen LogP contribution in [0.25, 0.3) is 0 Å². The van der Waals surface area contributed by atoms with Crippen LogP contribution in [0.5, 0.6) is 17.2 Å². The SMILES string of the molecule is CCCOc1ccc(CNC(=S)N/N=C/c2ccc(OC)c(OC)c2)cc1. The lowest BCUT2D eigenvalue weighted by atomic mass is 10.2. The van der Waals surface area contributed by atoms with E-state index in [4.69, 9.17) is 26.4 Å². The summed E-state index contributed by atoms with van der Waals surface area (Å²) in [5, 5.41) is 7.69. The molecule has 7 heteroatoms. The van der Waals surface area contributed by atoms with E-state index in [1.54, 1.807) is 20.4 Å². The molecule has 0 aliphatic heterocycles. The number of rotatable bonds is 9. The summed E-state index contributed by atoms with van der Waals surface area (Å²) < 4.78 is 16.0. The Morgan fingerprint density at radius 3 is 2.48 bits per heavy atom. The summed E-state index contributed by atoms with van der Waals surface area (Å²) in [5.74, 6) is 2.19. The maximum absolute atomic E-state index is 5.57. The number of benzene rings is 2. The molecule has 0 heterocycles. The summed E-state index contributed by atoms with van der Waals surface area (Å²) >= 11 is 5.23. The minimum absolute atomic E-state index is 0.443. The standard InChI is InChI=1S/C20H25N3O3S/c1-4-11-26-17-8-5-15(6-9-17)13-21-20(27)23-22-14-16-7-10-18(24-2)19(12-16)25-3/h5-10,12,14H,4,11,13H2,1-3H3,(H2,21,23,27)/b22-14+. The molecule has 0 amide bonds. The van der Waals surface area contributed by atoms with Crippen LogP contribution in [0.2, 0.25) is 0 Å². The number of nitrogens with one attached hydrogen (secondary N) is 2. The molecular weight excluding hydrogens is 362 g/mol. The average molecular weight is 388 g/mol. The van der Waals surface area contributed by atoms with Crippen molar-refractivity contribution in [1.29, 1.82) is 0 Å². The van der Waals surface area contributed by atoms with Gasteiger partial charge >= 0.3 is 0 Å². The van der Waals surface area contributed by atoms with Gasteiger partial charge in [0, 0.05) is 6.54 Å². The van der Waals surface area contributed by atoms with Gasteiger partial charge in [0.1, 0.15) is 5.75 Å². The van der Waals surface area contributed by atoms with Crippen molar-refractivity contribution in [3.05, 3.63) is 53.6 Å². The Balaban J connectivity index is 1.79. The number of thiocarbonyl (C=S) groups is 1. The van der Waals surface area contributed by atoms with E-state index in [2.05, 4.69) is 22.8 Å². The summed E-state index contributed by atoms with van der Waals surface area (Å²) in [6, 6.07) is 13.5. The quantitative estimate of drug-likeness (QED) is 0.390. The van der Waals surface area contributed by atoms with E-state index in [1.807, 2.05) is 42.5 Å². The largest absolute Gasteiger partial charge is 0.494 e. The molecule has 2 N–H and O–H groups in total. The molecule has 0 aromatic heterocycles. The Morgan fingerprint density at radius 2 is 1.81 bits per heavy atom. The molecule has 0 aliphatic carbocycles. The van der Waals surface area contributed by atoms with Gasteiger partial charge in [-0.25, -0.2) is 0 Å². The molecule has 0 bridgehead atoms. The van der Waals surface area contributed by atoms with Gasteiger partial charge < -0.3 is 19.5 Å². The van der Waals surface area contributed by atoms with Crippen molar-refractivity contribution < 1.29 is 14.2 Å². The van der Waals surface area contributed by atoms with Gasteiger partial charge in [0.15, 0.2) is 16.6 Å². The predicted octanol–water partition coefficient (Wildman–Crippen LogP) is 3.49. The van der Waals surface area contributed by atoms with Gasteiger partial charge in [0.25, 0.3) is 0 Å². The van der Waals surface area contributed by atoms with E-state index in [-0.39, 0.29) is 0 Å². The highest BCUT2D eigenvalue weighted by Gasteiger charge is 2.03. The number of ether oxygens (including phenoxy) is 3. The molecule has 2 aromatic carbocycles. The summed E-state index contributed by atoms with van der Waals surface area (Å²) in [6.45, 7) is 3.41. The van der Waals surface area contributed by atoms with Crippen LogP contribution in [-0.2, 0) is 6.54 Å². The zero-order chi connectivity index (χ0) is 19.5. The lowest BCUT2D eigenvalue weighted by Gasteiger charge is -2.09. The molecule has 0 radical (unpaired) electrons. The first-order valence-electron chi connectivity index (χ1n) is 8.67. The van der Waals surface area contributed by atoms with Gasteiger partial charge in [0.05, 0.1) is 27.0 Å². The van der Waals surface area contributed by atoms with Gasteiger partial charge in [-0.3, -0.25) is 5.43 Å². The van der Waals surface area contributed by atoms with E-state index in [0.717, 1.165) is 29.9 Å². The highest BCUT2D eigenvalue weighted by molar-refractivity contribution is 7.80. The van der Waals surface area contributed by atoms with Crippen molar-refractivity contribution >= 4 is 23.5 Å². The van der Waals surface area contributed by atoms with Gasteiger partial charge in [-0.15, -0.1) is 0 Å². The van der Waals surface area contributed by atoms with E-state index < -0.39 is 0 Å². The fourth-order valence-electron chi connectivity index (χ4n) is 2.24. The first kappa shape index (κ1) is 20.5. The van der Waals surface area contributed by atoms with E-state index in [9.17, 15) is 0 Å². The van der Waals surface area contributed by atoms with Crippen molar-refractivity contribution in [2.45, 2.75) is 19.9 Å². The number of methoxy groups -OCH3 is 2. The lowest BCUT2D eigenvalue weighted by Crippen LogP contribution is -2.31. The second-order valence-corrected chi connectivity index (χ2v) is 6.07. The predicted molar refractivity (Wildman–Crippen MR) is 112 cm³/mol. The molecule has 27 heavy (non-hydrogen) atoms. The molecule has 6 nitrogen and oxygen atoms in total. The minimum Gasteiger partial charge on any atom is -0.494 e. The van der Waals surface area contributed by atoms with E-state index in [1.165, 1.54) is 0 Å². The smallest absolute Gasteiger partial charge is 0.187 e. The zero-order valence-corrected chi connectivity index (χ0v) is 16.6. The maximum atomic E-state index is 5.57. The minimum atomic E-state index is 0.443. The summed E-state index contributed by atoms with van der Waals surface area (Å²) in [4.78, 5) is 0. The van der Waals surface area contributed by atoms with Crippen LogP contribution in [-0.4, -0.2) is 32.2 Å². The van der Waals surface area contributed by atoms with Crippen molar-refractivity contribution in [2.75, 3.05) is 20.8 Å². The van der Waals surface area contributed by atoms with Gasteiger partial charge in [-0.1, -0.05) is 19.1 Å². The molecule has 0 saturated carbocycles. The molecule has 144 valence electrons. The summed E-state index contributed by atoms with van der Waals surface area (Å²) in [6.07, 6.45) is 2.66. The van der Waals surface area contributed by atoms with Crippen molar-refractivity contribution in [3.8, 4) is 17.2 Å². The second-order valence-electron chi connectivity index (χ2n) is 5.66. The number of nitrogens with zero attached hydrogens (tertiary/aromatic N) is 1. The fraction of sp³-hybridized carbons (Fsp3) is 0.300. The van der Waals surface area contributed by atoms with Crippen molar-refractivity contribution in [2.24, 2.45) is 5.10 Å². The third-order valence-corrected chi connectivity index (χ3v) is 3.87. The normalized spacial score (nSPS) is 10.5. The Morgan fingerprint density at radius 1 is 1.07 bits per heavy atom. The topological polar surface area (TPSA) is 64.1 Å². The first-order chi connectivity index (χ1) is 13.2. The molecule has 2 aromatic rings. The first-order valence-corrected chi connectivity index (χ1v) is 9.07. The van der Waals surface area contributed by atoms with E-state index in [0.29, 0.717) is 23.2 Å². The third kappa shape index (κ3) is 6.79. The van der Waals surface area contributed by atoms with Gasteiger partial charge in [0.2, 0.25) is 0 Å². The number of hydrazone groups is 1. The van der Waals surface area contributed by atoms with Gasteiger partial charge in [-0.2, -0.15) is 5.10 Å². The highest BCUT2D eigenvalue weighted by Crippen LogP contribution is 2.26. The van der Waals surface area contributed by atoms with Crippen LogP contribution >= 0.6 is 12.2 Å². The lowest BCUT2D eigenvalue weighted by molar-refractivity contribution is 0.317. The van der Waals surface area contributed by atoms with Crippen molar-refractivity contribution in [1.82, 2.24) is 10.7 Å². The third-order valence-electron chi connectivity index (χ3n) is 3.64. The molecule has 0 atom stereocenters. The molecule has 0 saturated heterocycles. The molecular formula is C20H25N3O3S. The summed E-state index contributed by atoms with van der Waals surface area (Å²) in [5.41, 5.74) is 4.77. The zero-order valence-electron chi connectivity index (χ0n) is 15.8. The Labute approximate surface area is 165 Å². The average Bonchev–Trinajstić information content (AvgIpc) is 2.71. The molecule has 0 fully saturated rings. The summed E-state index contributed by atoms with van der Waals surface area (Å²) in [7, 11) is 3.20. The van der Waals surface area contributed by atoms with Crippen LogP contribution < -0.4 is 25.0 Å². The van der Waals surface area contributed by atoms with Crippen LogP contribution in [0, 0.1) is 0 Å². The Kier molecular flexibility index (Phi) is 8.38. The van der Waals surface area contributed by atoms with E-state index >= 15 is 0 Å². The number of hydrogen-bond acceptors (Lipinski definition) is 5.